The van der Waals surface area contributed by atoms with E-state index in [1.807, 2.05) is 30.3 Å². The maximum absolute atomic E-state index is 11.4. The third kappa shape index (κ3) is 3.83. The average molecular weight is 271 g/mol. The van der Waals surface area contributed by atoms with E-state index in [2.05, 4.69) is 15.9 Å². The monoisotopic (exact) mass is 270 g/mol. The van der Waals surface area contributed by atoms with Crippen molar-refractivity contribution in [3.05, 3.63) is 35.9 Å². The lowest BCUT2D eigenvalue weighted by Gasteiger charge is -2.08. The van der Waals surface area contributed by atoms with Crippen LogP contribution in [0.3, 0.4) is 0 Å². The second kappa shape index (κ2) is 5.66. The third-order valence-electron chi connectivity index (χ3n) is 1.72. The molecule has 80 valence electrons. The first-order valence-electron chi connectivity index (χ1n) is 4.46. The summed E-state index contributed by atoms with van der Waals surface area (Å²) in [7, 11) is 0. The maximum atomic E-state index is 11.4. The predicted molar refractivity (Wildman–Crippen MR) is 59.8 cm³/mol. The number of alkyl halides is 1. The minimum absolute atomic E-state index is 0.170. The molecule has 0 amide bonds. The standard InChI is InChI=1S/C11H11BrO3/c1-8(13)7-15-11(14)10(12)9-5-3-2-4-6-9/h2-6,10H,7H2,1H3. The van der Waals surface area contributed by atoms with Crippen molar-refractivity contribution in [2.45, 2.75) is 11.8 Å². The minimum Gasteiger partial charge on any atom is -0.457 e. The summed E-state index contributed by atoms with van der Waals surface area (Å²) >= 11 is 3.22. The van der Waals surface area contributed by atoms with E-state index < -0.39 is 10.8 Å². The summed E-state index contributed by atoms with van der Waals surface area (Å²) in [5.74, 6) is -0.618. The fourth-order valence-corrected chi connectivity index (χ4v) is 1.44. The molecule has 1 aromatic carbocycles. The van der Waals surface area contributed by atoms with Crippen LogP contribution in [0.2, 0.25) is 0 Å². The Kier molecular flexibility index (Phi) is 4.49. The van der Waals surface area contributed by atoms with E-state index in [0.29, 0.717) is 0 Å². The van der Waals surface area contributed by atoms with Crippen LogP contribution < -0.4 is 0 Å². The van der Waals surface area contributed by atoms with E-state index in [1.54, 1.807) is 0 Å². The molecule has 0 saturated heterocycles. The molecular weight excluding hydrogens is 260 g/mol. The summed E-state index contributed by atoms with van der Waals surface area (Å²) in [4.78, 5) is 21.5. The van der Waals surface area contributed by atoms with Crippen LogP contribution in [-0.2, 0) is 14.3 Å². The van der Waals surface area contributed by atoms with E-state index in [4.69, 9.17) is 4.74 Å². The number of carbonyl (C=O) groups is 2. The van der Waals surface area contributed by atoms with Gasteiger partial charge in [-0.05, 0) is 12.5 Å². The van der Waals surface area contributed by atoms with Crippen molar-refractivity contribution in [2.24, 2.45) is 0 Å². The van der Waals surface area contributed by atoms with Crippen molar-refractivity contribution in [1.82, 2.24) is 0 Å². The molecular formula is C11H11BrO3. The molecule has 0 aliphatic heterocycles. The molecule has 0 heterocycles. The van der Waals surface area contributed by atoms with Gasteiger partial charge in [-0.1, -0.05) is 46.3 Å². The topological polar surface area (TPSA) is 43.4 Å². The smallest absolute Gasteiger partial charge is 0.324 e. The molecule has 15 heavy (non-hydrogen) atoms. The molecule has 0 aliphatic rings. The Bertz CT molecular complexity index is 348. The third-order valence-corrected chi connectivity index (χ3v) is 2.62. The SMILES string of the molecule is CC(=O)COC(=O)C(Br)c1ccccc1. The highest BCUT2D eigenvalue weighted by Gasteiger charge is 2.18. The normalized spacial score (nSPS) is 11.9. The fourth-order valence-electron chi connectivity index (χ4n) is 1.00. The van der Waals surface area contributed by atoms with Gasteiger partial charge in [0.25, 0.3) is 0 Å². The summed E-state index contributed by atoms with van der Waals surface area (Å²) in [6.45, 7) is 1.20. The zero-order valence-corrected chi connectivity index (χ0v) is 9.86. The summed E-state index contributed by atoms with van der Waals surface area (Å²) in [5, 5.41) is 0. The first-order valence-corrected chi connectivity index (χ1v) is 5.38. The van der Waals surface area contributed by atoms with Gasteiger partial charge in [-0.25, -0.2) is 0 Å². The molecule has 0 bridgehead atoms. The summed E-state index contributed by atoms with van der Waals surface area (Å²) in [6.07, 6.45) is 0. The van der Waals surface area contributed by atoms with Crippen LogP contribution in [0.25, 0.3) is 0 Å². The number of halogens is 1. The lowest BCUT2D eigenvalue weighted by atomic mass is 10.1. The number of carbonyl (C=O) groups excluding carboxylic acids is 2. The fraction of sp³-hybridized carbons (Fsp3) is 0.273. The average Bonchev–Trinajstić information content (AvgIpc) is 2.26. The first-order chi connectivity index (χ1) is 7.11. The Morgan fingerprint density at radius 3 is 2.47 bits per heavy atom. The van der Waals surface area contributed by atoms with Gasteiger partial charge in [0.2, 0.25) is 0 Å². The molecule has 0 radical (unpaired) electrons. The van der Waals surface area contributed by atoms with Crippen molar-refractivity contribution >= 4 is 27.7 Å². The molecule has 4 heteroatoms. The van der Waals surface area contributed by atoms with Gasteiger partial charge in [-0.15, -0.1) is 0 Å². The zero-order valence-electron chi connectivity index (χ0n) is 8.27. The van der Waals surface area contributed by atoms with Gasteiger partial charge in [0, 0.05) is 0 Å². The van der Waals surface area contributed by atoms with Crippen molar-refractivity contribution < 1.29 is 14.3 Å². The molecule has 0 aliphatic carbocycles. The van der Waals surface area contributed by atoms with Gasteiger partial charge in [-0.2, -0.15) is 0 Å². The second-order valence-electron chi connectivity index (χ2n) is 3.08. The second-order valence-corrected chi connectivity index (χ2v) is 4.00. The number of ether oxygens (including phenoxy) is 1. The number of hydrogen-bond donors (Lipinski definition) is 0. The van der Waals surface area contributed by atoms with Crippen LogP contribution in [0, 0.1) is 0 Å². The van der Waals surface area contributed by atoms with Crippen molar-refractivity contribution in [3.63, 3.8) is 0 Å². The van der Waals surface area contributed by atoms with E-state index >= 15 is 0 Å². The van der Waals surface area contributed by atoms with Gasteiger partial charge in [0.05, 0.1) is 0 Å². The molecule has 3 nitrogen and oxygen atoms in total. The highest BCUT2D eigenvalue weighted by molar-refractivity contribution is 9.09. The molecule has 0 spiro atoms. The van der Waals surface area contributed by atoms with Gasteiger partial charge in [0.1, 0.15) is 11.4 Å². The Labute approximate surface area is 96.6 Å². The quantitative estimate of drug-likeness (QED) is 0.623. The van der Waals surface area contributed by atoms with E-state index in [0.717, 1.165) is 5.56 Å². The van der Waals surface area contributed by atoms with Crippen molar-refractivity contribution in [1.29, 1.82) is 0 Å². The van der Waals surface area contributed by atoms with Crippen LogP contribution in [0.15, 0.2) is 30.3 Å². The van der Waals surface area contributed by atoms with Crippen LogP contribution in [0.5, 0.6) is 0 Å². The highest BCUT2D eigenvalue weighted by Crippen LogP contribution is 2.23. The van der Waals surface area contributed by atoms with Gasteiger partial charge >= 0.3 is 5.97 Å². The van der Waals surface area contributed by atoms with Crippen LogP contribution in [0.1, 0.15) is 17.3 Å². The summed E-state index contributed by atoms with van der Waals surface area (Å²) < 4.78 is 4.78. The molecule has 1 atom stereocenters. The summed E-state index contributed by atoms with van der Waals surface area (Å²) in [6, 6.07) is 9.16. The molecule has 0 aromatic heterocycles. The lowest BCUT2D eigenvalue weighted by molar-refractivity contribution is -0.146. The molecule has 1 aromatic rings. The molecule has 1 rings (SSSR count). The van der Waals surface area contributed by atoms with Gasteiger partial charge < -0.3 is 4.74 Å². The van der Waals surface area contributed by atoms with Crippen LogP contribution in [-0.4, -0.2) is 18.4 Å². The number of benzene rings is 1. The number of esters is 1. The zero-order chi connectivity index (χ0) is 11.3. The minimum atomic E-state index is -0.516. The number of Topliss-reactive ketones (excluding diaryl/α,β-unsaturated/α-hetero) is 1. The Morgan fingerprint density at radius 1 is 1.33 bits per heavy atom. The van der Waals surface area contributed by atoms with Crippen molar-refractivity contribution in [2.75, 3.05) is 6.61 Å². The van der Waals surface area contributed by atoms with E-state index in [1.165, 1.54) is 6.92 Å². The first kappa shape index (κ1) is 11.9. The van der Waals surface area contributed by atoms with Crippen molar-refractivity contribution in [3.8, 4) is 0 Å². The predicted octanol–water partition coefficient (Wildman–Crippen LogP) is 2.25. The Morgan fingerprint density at radius 2 is 1.93 bits per heavy atom. The Balaban J connectivity index is 2.57. The van der Waals surface area contributed by atoms with Crippen LogP contribution in [0.4, 0.5) is 0 Å². The largest absolute Gasteiger partial charge is 0.457 e. The van der Waals surface area contributed by atoms with E-state index in [-0.39, 0.29) is 12.4 Å². The summed E-state index contributed by atoms with van der Waals surface area (Å²) in [5.41, 5.74) is 0.811. The van der Waals surface area contributed by atoms with Crippen LogP contribution >= 0.6 is 15.9 Å². The van der Waals surface area contributed by atoms with Gasteiger partial charge in [0.15, 0.2) is 5.78 Å². The number of rotatable bonds is 4. The molecule has 0 N–H and O–H groups in total. The lowest BCUT2D eigenvalue weighted by Crippen LogP contribution is -2.15. The number of hydrogen-bond acceptors (Lipinski definition) is 3. The molecule has 0 fully saturated rings. The molecule has 1 unspecified atom stereocenters. The molecule has 0 saturated carbocycles. The number of ketones is 1. The maximum Gasteiger partial charge on any atom is 0.324 e. The van der Waals surface area contributed by atoms with Gasteiger partial charge in [-0.3, -0.25) is 9.59 Å². The Hall–Kier alpha value is -1.16. The highest BCUT2D eigenvalue weighted by atomic mass is 79.9. The van der Waals surface area contributed by atoms with E-state index in [9.17, 15) is 9.59 Å².